The Morgan fingerprint density at radius 1 is 1.30 bits per heavy atom. The Morgan fingerprint density at radius 3 is 2.55 bits per heavy atom. The van der Waals surface area contributed by atoms with Crippen molar-refractivity contribution in [3.8, 4) is 5.75 Å². The lowest BCUT2D eigenvalue weighted by molar-refractivity contribution is -0.119. The maximum absolute atomic E-state index is 11.0. The summed E-state index contributed by atoms with van der Waals surface area (Å²) in [5.74, 6) is 0.789. The molecule has 5 heteroatoms. The van der Waals surface area contributed by atoms with Crippen molar-refractivity contribution in [2.45, 2.75) is 32.1 Å². The van der Waals surface area contributed by atoms with Crippen molar-refractivity contribution in [3.63, 3.8) is 0 Å². The zero-order chi connectivity index (χ0) is 14.5. The quantitative estimate of drug-likeness (QED) is 0.851. The lowest BCUT2D eigenvalue weighted by Crippen LogP contribution is -2.31. The highest BCUT2D eigenvalue weighted by Gasteiger charge is 2.28. The van der Waals surface area contributed by atoms with E-state index in [1.165, 1.54) is 6.92 Å². The number of ether oxygens (including phenoxy) is 2. The van der Waals surface area contributed by atoms with E-state index in [0.29, 0.717) is 0 Å². The van der Waals surface area contributed by atoms with Gasteiger partial charge < -0.3 is 20.1 Å². The molecule has 1 fully saturated rings. The molecule has 1 heterocycles. The van der Waals surface area contributed by atoms with Crippen LogP contribution in [0.25, 0.3) is 0 Å². The van der Waals surface area contributed by atoms with Crippen molar-refractivity contribution in [1.29, 1.82) is 0 Å². The van der Waals surface area contributed by atoms with Gasteiger partial charge in [-0.25, -0.2) is 0 Å². The van der Waals surface area contributed by atoms with E-state index in [1.807, 2.05) is 31.2 Å². The molecule has 110 valence electrons. The third kappa shape index (κ3) is 3.71. The smallest absolute Gasteiger partial charge is 0.217 e. The van der Waals surface area contributed by atoms with E-state index in [-0.39, 0.29) is 24.2 Å². The molecule has 1 aliphatic heterocycles. The summed E-state index contributed by atoms with van der Waals surface area (Å²) in [6, 6.07) is 7.80. The fourth-order valence-corrected chi connectivity index (χ4v) is 2.38. The minimum absolute atomic E-state index is 0.00132. The van der Waals surface area contributed by atoms with Gasteiger partial charge >= 0.3 is 0 Å². The summed E-state index contributed by atoms with van der Waals surface area (Å²) in [5.41, 5.74) is 1.06. The lowest BCUT2D eigenvalue weighted by atomic mass is 10.1. The molecule has 0 unspecified atom stereocenters. The van der Waals surface area contributed by atoms with Crippen LogP contribution in [0.15, 0.2) is 24.3 Å². The molecule has 5 nitrogen and oxygen atoms in total. The van der Waals surface area contributed by atoms with Crippen molar-refractivity contribution in [1.82, 2.24) is 10.6 Å². The molecular formula is C15H22N2O3. The number of carbonyl (C=O) groups excluding carboxylic acids is 1. The van der Waals surface area contributed by atoms with E-state index in [0.717, 1.165) is 24.4 Å². The maximum atomic E-state index is 11.0. The zero-order valence-corrected chi connectivity index (χ0v) is 12.2. The van der Waals surface area contributed by atoms with Gasteiger partial charge in [0.05, 0.1) is 6.04 Å². The summed E-state index contributed by atoms with van der Waals surface area (Å²) in [7, 11) is 1.70. The molecule has 20 heavy (non-hydrogen) atoms. The maximum Gasteiger partial charge on any atom is 0.217 e. The number of hydrogen-bond donors (Lipinski definition) is 2. The van der Waals surface area contributed by atoms with Gasteiger partial charge in [0.2, 0.25) is 5.91 Å². The van der Waals surface area contributed by atoms with Gasteiger partial charge in [0.15, 0.2) is 0 Å². The number of amides is 1. The van der Waals surface area contributed by atoms with Crippen LogP contribution in [0.5, 0.6) is 5.75 Å². The molecule has 2 rings (SSSR count). The summed E-state index contributed by atoms with van der Waals surface area (Å²) in [6.07, 6.45) is 0.131. The SMILES string of the molecule is CO[C@@H]1CNC[C@@H]1Oc1ccc([C@H](C)NC(C)=O)cc1. The topological polar surface area (TPSA) is 59.6 Å². The third-order valence-corrected chi connectivity index (χ3v) is 3.50. The average molecular weight is 278 g/mol. The van der Waals surface area contributed by atoms with Gasteiger partial charge in [-0.2, -0.15) is 0 Å². The van der Waals surface area contributed by atoms with Crippen LogP contribution in [0.4, 0.5) is 0 Å². The minimum Gasteiger partial charge on any atom is -0.486 e. The Morgan fingerprint density at radius 2 is 1.95 bits per heavy atom. The van der Waals surface area contributed by atoms with E-state index in [9.17, 15) is 4.79 Å². The van der Waals surface area contributed by atoms with Crippen LogP contribution in [0.2, 0.25) is 0 Å². The van der Waals surface area contributed by atoms with Crippen LogP contribution >= 0.6 is 0 Å². The predicted molar refractivity (Wildman–Crippen MR) is 76.8 cm³/mol. The van der Waals surface area contributed by atoms with Gasteiger partial charge in [0, 0.05) is 27.1 Å². The molecule has 3 atom stereocenters. The second kappa shape index (κ2) is 6.72. The number of carbonyl (C=O) groups is 1. The third-order valence-electron chi connectivity index (χ3n) is 3.50. The molecule has 1 aromatic carbocycles. The number of rotatable bonds is 5. The Hall–Kier alpha value is -1.59. The molecule has 0 bridgehead atoms. The van der Waals surface area contributed by atoms with Crippen molar-refractivity contribution >= 4 is 5.91 Å². The van der Waals surface area contributed by atoms with Crippen LogP contribution in [-0.4, -0.2) is 38.3 Å². The van der Waals surface area contributed by atoms with Crippen molar-refractivity contribution < 1.29 is 14.3 Å². The van der Waals surface area contributed by atoms with Crippen LogP contribution in [-0.2, 0) is 9.53 Å². The van der Waals surface area contributed by atoms with Crippen LogP contribution in [0, 0.1) is 0 Å². The fourth-order valence-electron chi connectivity index (χ4n) is 2.38. The van der Waals surface area contributed by atoms with E-state index in [2.05, 4.69) is 10.6 Å². The van der Waals surface area contributed by atoms with Crippen LogP contribution < -0.4 is 15.4 Å². The molecule has 2 N–H and O–H groups in total. The molecular weight excluding hydrogens is 256 g/mol. The highest BCUT2D eigenvalue weighted by Crippen LogP contribution is 2.20. The predicted octanol–water partition coefficient (Wildman–Crippen LogP) is 1.25. The van der Waals surface area contributed by atoms with Gasteiger partial charge in [0.25, 0.3) is 0 Å². The van der Waals surface area contributed by atoms with Crippen molar-refractivity contribution in [3.05, 3.63) is 29.8 Å². The normalized spacial score (nSPS) is 23.4. The summed E-state index contributed by atoms with van der Waals surface area (Å²) in [5, 5.41) is 6.11. The highest BCUT2D eigenvalue weighted by molar-refractivity contribution is 5.73. The second-order valence-electron chi connectivity index (χ2n) is 5.08. The highest BCUT2D eigenvalue weighted by atomic mass is 16.5. The van der Waals surface area contributed by atoms with Gasteiger partial charge in [-0.15, -0.1) is 0 Å². The van der Waals surface area contributed by atoms with Crippen molar-refractivity contribution in [2.75, 3.05) is 20.2 Å². The number of methoxy groups -OCH3 is 1. The summed E-state index contributed by atoms with van der Waals surface area (Å²) < 4.78 is 11.3. The van der Waals surface area contributed by atoms with Gasteiger partial charge in [-0.3, -0.25) is 4.79 Å². The second-order valence-corrected chi connectivity index (χ2v) is 5.08. The van der Waals surface area contributed by atoms with Crippen LogP contribution in [0.3, 0.4) is 0 Å². The molecule has 1 aromatic rings. The Balaban J connectivity index is 1.96. The van der Waals surface area contributed by atoms with Gasteiger partial charge in [0.1, 0.15) is 18.0 Å². The first-order valence-corrected chi connectivity index (χ1v) is 6.87. The van der Waals surface area contributed by atoms with E-state index < -0.39 is 0 Å². The summed E-state index contributed by atoms with van der Waals surface area (Å²) >= 11 is 0. The summed E-state index contributed by atoms with van der Waals surface area (Å²) in [6.45, 7) is 5.09. The number of hydrogen-bond acceptors (Lipinski definition) is 4. The van der Waals surface area contributed by atoms with Gasteiger partial charge in [-0.1, -0.05) is 12.1 Å². The minimum atomic E-state index is -0.0298. The zero-order valence-electron chi connectivity index (χ0n) is 12.2. The van der Waals surface area contributed by atoms with Crippen LogP contribution in [0.1, 0.15) is 25.5 Å². The average Bonchev–Trinajstić information content (AvgIpc) is 2.86. The first-order valence-electron chi connectivity index (χ1n) is 6.87. The molecule has 1 aliphatic rings. The first-order chi connectivity index (χ1) is 9.60. The van der Waals surface area contributed by atoms with E-state index >= 15 is 0 Å². The van der Waals surface area contributed by atoms with Crippen molar-refractivity contribution in [2.24, 2.45) is 0 Å². The molecule has 1 amide bonds. The Bertz CT molecular complexity index is 447. The summed E-state index contributed by atoms with van der Waals surface area (Å²) in [4.78, 5) is 11.0. The molecule has 0 saturated carbocycles. The largest absolute Gasteiger partial charge is 0.486 e. The lowest BCUT2D eigenvalue weighted by Gasteiger charge is -2.19. The number of nitrogens with one attached hydrogen (secondary N) is 2. The molecule has 0 aliphatic carbocycles. The number of benzene rings is 1. The monoisotopic (exact) mass is 278 g/mol. The Labute approximate surface area is 119 Å². The fraction of sp³-hybridized carbons (Fsp3) is 0.533. The van der Waals surface area contributed by atoms with E-state index in [1.54, 1.807) is 7.11 Å². The first kappa shape index (κ1) is 14.8. The molecule has 1 saturated heterocycles. The van der Waals surface area contributed by atoms with Gasteiger partial charge in [-0.05, 0) is 24.6 Å². The Kier molecular flexibility index (Phi) is 4.98. The molecule has 0 radical (unpaired) electrons. The van der Waals surface area contributed by atoms with E-state index in [4.69, 9.17) is 9.47 Å². The standard InChI is InChI=1S/C15H22N2O3/c1-10(17-11(2)18)12-4-6-13(7-5-12)20-15-9-16-8-14(15)19-3/h4-7,10,14-16H,8-9H2,1-3H3,(H,17,18)/t10-,14+,15-/m0/s1. The molecule has 0 aromatic heterocycles. The molecule has 0 spiro atoms.